The van der Waals surface area contributed by atoms with Gasteiger partial charge in [-0.05, 0) is 22.6 Å². The molecule has 1 aliphatic rings. The van der Waals surface area contributed by atoms with E-state index in [1.165, 1.54) is 0 Å². The first kappa shape index (κ1) is 15.1. The molecule has 2 aromatic heterocycles. The molecular weight excluding hydrogens is 322 g/mol. The van der Waals surface area contributed by atoms with Gasteiger partial charge in [-0.3, -0.25) is 9.48 Å². The summed E-state index contributed by atoms with van der Waals surface area (Å²) in [7, 11) is 1.80. The van der Waals surface area contributed by atoms with Crippen molar-refractivity contribution >= 4 is 17.2 Å². The van der Waals surface area contributed by atoms with E-state index in [1.54, 1.807) is 29.3 Å². The standard InChI is InChI=1S/C18H17N3O2S/c1-21-10-13(17(20-21)15-7-4-8-24-15)18(23)19-16-12-6-3-2-5-11(12)9-14(16)22/h2-8,10,14,16,22H,9H2,1H3,(H,19,23)/t14-,16+/m1/s1. The van der Waals surface area contributed by atoms with Crippen molar-refractivity contribution in [2.24, 2.45) is 7.05 Å². The van der Waals surface area contributed by atoms with E-state index in [0.29, 0.717) is 17.7 Å². The van der Waals surface area contributed by atoms with Crippen molar-refractivity contribution in [2.75, 3.05) is 0 Å². The van der Waals surface area contributed by atoms with E-state index in [-0.39, 0.29) is 11.9 Å². The monoisotopic (exact) mass is 339 g/mol. The minimum Gasteiger partial charge on any atom is -0.390 e. The summed E-state index contributed by atoms with van der Waals surface area (Å²) in [6.45, 7) is 0. The quantitative estimate of drug-likeness (QED) is 0.770. The molecule has 0 unspecified atom stereocenters. The summed E-state index contributed by atoms with van der Waals surface area (Å²) in [5, 5.41) is 19.7. The van der Waals surface area contributed by atoms with Crippen molar-refractivity contribution < 1.29 is 9.90 Å². The summed E-state index contributed by atoms with van der Waals surface area (Å²) in [6, 6.07) is 11.3. The van der Waals surface area contributed by atoms with E-state index in [1.807, 2.05) is 41.8 Å². The van der Waals surface area contributed by atoms with Gasteiger partial charge in [0, 0.05) is 19.7 Å². The third-order valence-corrected chi connectivity index (χ3v) is 5.20. The van der Waals surface area contributed by atoms with Crippen molar-refractivity contribution in [1.29, 1.82) is 0 Å². The molecule has 1 aliphatic carbocycles. The minimum atomic E-state index is -0.604. The fourth-order valence-electron chi connectivity index (χ4n) is 3.22. The first-order valence-electron chi connectivity index (χ1n) is 7.78. The number of amides is 1. The van der Waals surface area contributed by atoms with Crippen LogP contribution in [0.15, 0.2) is 48.0 Å². The maximum absolute atomic E-state index is 12.8. The topological polar surface area (TPSA) is 67.2 Å². The zero-order chi connectivity index (χ0) is 16.7. The number of fused-ring (bicyclic) bond motifs is 1. The highest BCUT2D eigenvalue weighted by Crippen LogP contribution is 2.32. The summed E-state index contributed by atoms with van der Waals surface area (Å²) in [5.41, 5.74) is 3.27. The molecule has 0 aliphatic heterocycles. The van der Waals surface area contributed by atoms with Gasteiger partial charge in [-0.25, -0.2) is 0 Å². The molecule has 24 heavy (non-hydrogen) atoms. The van der Waals surface area contributed by atoms with Crippen LogP contribution < -0.4 is 5.32 Å². The molecule has 2 heterocycles. The van der Waals surface area contributed by atoms with E-state index in [9.17, 15) is 9.90 Å². The number of rotatable bonds is 3. The van der Waals surface area contributed by atoms with Crippen molar-refractivity contribution in [3.63, 3.8) is 0 Å². The molecule has 0 saturated carbocycles. The Hall–Kier alpha value is -2.44. The molecule has 0 saturated heterocycles. The molecule has 6 heteroatoms. The Morgan fingerprint density at radius 1 is 1.33 bits per heavy atom. The Kier molecular flexibility index (Phi) is 3.70. The molecule has 3 aromatic rings. The number of aryl methyl sites for hydroxylation is 1. The number of hydrogen-bond acceptors (Lipinski definition) is 4. The summed E-state index contributed by atoms with van der Waals surface area (Å²) in [5.74, 6) is -0.216. The Morgan fingerprint density at radius 2 is 2.17 bits per heavy atom. The molecule has 2 N–H and O–H groups in total. The smallest absolute Gasteiger partial charge is 0.255 e. The van der Waals surface area contributed by atoms with Gasteiger partial charge in [0.05, 0.1) is 22.6 Å². The average molecular weight is 339 g/mol. The van der Waals surface area contributed by atoms with E-state index >= 15 is 0 Å². The van der Waals surface area contributed by atoms with Gasteiger partial charge in [0.2, 0.25) is 0 Å². The fraction of sp³-hybridized carbons (Fsp3) is 0.222. The Balaban J connectivity index is 1.64. The van der Waals surface area contributed by atoms with Crippen LogP contribution in [0.1, 0.15) is 27.5 Å². The third kappa shape index (κ3) is 2.53. The maximum Gasteiger partial charge on any atom is 0.255 e. The van der Waals surface area contributed by atoms with Crippen LogP contribution in [-0.2, 0) is 13.5 Å². The van der Waals surface area contributed by atoms with Crippen molar-refractivity contribution in [3.8, 4) is 10.6 Å². The molecule has 1 amide bonds. The molecule has 4 rings (SSSR count). The molecule has 0 fully saturated rings. The van der Waals surface area contributed by atoms with Gasteiger partial charge >= 0.3 is 0 Å². The normalized spacial score (nSPS) is 19.2. The predicted molar refractivity (Wildman–Crippen MR) is 92.9 cm³/mol. The number of nitrogens with one attached hydrogen (secondary N) is 1. The Morgan fingerprint density at radius 3 is 2.96 bits per heavy atom. The highest BCUT2D eigenvalue weighted by Gasteiger charge is 2.33. The second kappa shape index (κ2) is 5.89. The highest BCUT2D eigenvalue weighted by molar-refractivity contribution is 7.13. The number of hydrogen-bond donors (Lipinski definition) is 2. The first-order chi connectivity index (χ1) is 11.6. The fourth-order valence-corrected chi connectivity index (χ4v) is 3.94. The van der Waals surface area contributed by atoms with Gasteiger partial charge in [-0.1, -0.05) is 30.3 Å². The molecular formula is C18H17N3O2S. The van der Waals surface area contributed by atoms with Crippen LogP contribution in [0.3, 0.4) is 0 Å². The van der Waals surface area contributed by atoms with Gasteiger partial charge in [0.15, 0.2) is 0 Å². The zero-order valence-electron chi connectivity index (χ0n) is 13.1. The lowest BCUT2D eigenvalue weighted by molar-refractivity contribution is 0.0858. The van der Waals surface area contributed by atoms with E-state index in [4.69, 9.17) is 0 Å². The van der Waals surface area contributed by atoms with Crippen LogP contribution in [0, 0.1) is 0 Å². The lowest BCUT2D eigenvalue weighted by Crippen LogP contribution is -2.33. The van der Waals surface area contributed by atoms with Gasteiger partial charge in [0.1, 0.15) is 5.69 Å². The first-order valence-corrected chi connectivity index (χ1v) is 8.65. The molecule has 0 spiro atoms. The number of benzene rings is 1. The molecule has 2 atom stereocenters. The Labute approximate surface area is 143 Å². The minimum absolute atomic E-state index is 0.216. The highest BCUT2D eigenvalue weighted by atomic mass is 32.1. The van der Waals surface area contributed by atoms with Crippen LogP contribution in [0.2, 0.25) is 0 Å². The Bertz CT molecular complexity index is 886. The van der Waals surface area contributed by atoms with Crippen LogP contribution in [0.4, 0.5) is 0 Å². The molecule has 122 valence electrons. The van der Waals surface area contributed by atoms with E-state index in [0.717, 1.165) is 16.0 Å². The molecule has 0 bridgehead atoms. The second-order valence-electron chi connectivity index (χ2n) is 5.96. The van der Waals surface area contributed by atoms with Gasteiger partial charge < -0.3 is 10.4 Å². The lowest BCUT2D eigenvalue weighted by atomic mass is 10.1. The van der Waals surface area contributed by atoms with Crippen LogP contribution in [0.5, 0.6) is 0 Å². The van der Waals surface area contributed by atoms with Gasteiger partial charge in [-0.15, -0.1) is 11.3 Å². The summed E-state index contributed by atoms with van der Waals surface area (Å²) in [4.78, 5) is 13.8. The zero-order valence-corrected chi connectivity index (χ0v) is 14.0. The average Bonchev–Trinajstić information content (AvgIpc) is 3.27. The lowest BCUT2D eigenvalue weighted by Gasteiger charge is -2.17. The van der Waals surface area contributed by atoms with Crippen molar-refractivity contribution in [3.05, 3.63) is 64.7 Å². The van der Waals surface area contributed by atoms with Crippen molar-refractivity contribution in [2.45, 2.75) is 18.6 Å². The van der Waals surface area contributed by atoms with Crippen LogP contribution in [0.25, 0.3) is 10.6 Å². The molecule has 5 nitrogen and oxygen atoms in total. The third-order valence-electron chi connectivity index (χ3n) is 4.32. The predicted octanol–water partition coefficient (Wildman–Crippen LogP) is 2.54. The van der Waals surface area contributed by atoms with Gasteiger partial charge in [0.25, 0.3) is 5.91 Å². The summed E-state index contributed by atoms with van der Waals surface area (Å²) < 4.78 is 1.64. The number of aliphatic hydroxyl groups is 1. The SMILES string of the molecule is Cn1cc(C(=O)N[C@H]2c3ccccc3C[C@H]2O)c(-c2cccs2)n1. The largest absolute Gasteiger partial charge is 0.390 e. The van der Waals surface area contributed by atoms with Crippen LogP contribution >= 0.6 is 11.3 Å². The second-order valence-corrected chi connectivity index (χ2v) is 6.91. The summed E-state index contributed by atoms with van der Waals surface area (Å²) in [6.07, 6.45) is 1.68. The van der Waals surface area contributed by atoms with E-state index < -0.39 is 6.10 Å². The number of carbonyl (C=O) groups is 1. The number of nitrogens with zero attached hydrogens (tertiary/aromatic N) is 2. The van der Waals surface area contributed by atoms with Crippen LogP contribution in [-0.4, -0.2) is 26.9 Å². The molecule has 1 aromatic carbocycles. The number of aromatic nitrogens is 2. The van der Waals surface area contributed by atoms with E-state index in [2.05, 4.69) is 10.4 Å². The number of carbonyl (C=O) groups excluding carboxylic acids is 1. The van der Waals surface area contributed by atoms with Gasteiger partial charge in [-0.2, -0.15) is 5.10 Å². The summed E-state index contributed by atoms with van der Waals surface area (Å²) >= 11 is 1.55. The number of thiophene rings is 1. The number of aliphatic hydroxyl groups excluding tert-OH is 1. The molecule has 0 radical (unpaired) electrons. The maximum atomic E-state index is 12.8. The van der Waals surface area contributed by atoms with Crippen molar-refractivity contribution in [1.82, 2.24) is 15.1 Å².